The van der Waals surface area contributed by atoms with E-state index in [1.807, 2.05) is 35.7 Å². The van der Waals surface area contributed by atoms with Crippen molar-refractivity contribution in [3.63, 3.8) is 0 Å². The molecule has 0 unspecified atom stereocenters. The standard InChI is InChI=1S/C16H11F3N2S/c17-16(18,19)12-7-4-8-13(9-12)20-15-21-14(10-22-15)11-5-2-1-3-6-11/h1-10H,(H,20,21). The molecule has 0 atom stereocenters. The Bertz CT molecular complexity index is 766. The molecule has 0 aliphatic rings. The monoisotopic (exact) mass is 320 g/mol. The van der Waals surface area contributed by atoms with E-state index in [9.17, 15) is 13.2 Å². The van der Waals surface area contributed by atoms with Crippen LogP contribution in [0.25, 0.3) is 11.3 Å². The largest absolute Gasteiger partial charge is 0.416 e. The molecule has 0 amide bonds. The number of anilines is 2. The number of nitrogens with zero attached hydrogens (tertiary/aromatic N) is 1. The summed E-state index contributed by atoms with van der Waals surface area (Å²) in [5.41, 5.74) is 1.44. The highest BCUT2D eigenvalue weighted by atomic mass is 32.1. The molecular weight excluding hydrogens is 309 g/mol. The third-order valence-corrected chi connectivity index (χ3v) is 3.77. The van der Waals surface area contributed by atoms with E-state index < -0.39 is 11.7 Å². The molecule has 0 fully saturated rings. The van der Waals surface area contributed by atoms with Gasteiger partial charge in [0, 0.05) is 16.6 Å². The summed E-state index contributed by atoms with van der Waals surface area (Å²) in [5, 5.41) is 5.33. The Morgan fingerprint density at radius 3 is 2.45 bits per heavy atom. The lowest BCUT2D eigenvalue weighted by molar-refractivity contribution is -0.137. The Kier molecular flexibility index (Phi) is 3.85. The zero-order valence-electron chi connectivity index (χ0n) is 11.3. The fourth-order valence-corrected chi connectivity index (χ4v) is 2.71. The molecular formula is C16H11F3N2S. The molecule has 0 aliphatic carbocycles. The van der Waals surface area contributed by atoms with Gasteiger partial charge in [0.15, 0.2) is 5.13 Å². The van der Waals surface area contributed by atoms with E-state index in [0.717, 1.165) is 23.4 Å². The summed E-state index contributed by atoms with van der Waals surface area (Å²) >= 11 is 1.35. The van der Waals surface area contributed by atoms with Crippen molar-refractivity contribution in [2.75, 3.05) is 5.32 Å². The fourth-order valence-electron chi connectivity index (χ4n) is 1.97. The minimum absolute atomic E-state index is 0.365. The predicted molar refractivity (Wildman–Crippen MR) is 82.3 cm³/mol. The second-order valence-electron chi connectivity index (χ2n) is 4.61. The normalized spacial score (nSPS) is 11.4. The van der Waals surface area contributed by atoms with Gasteiger partial charge < -0.3 is 5.32 Å². The molecule has 1 aromatic heterocycles. The van der Waals surface area contributed by atoms with Gasteiger partial charge in [0.25, 0.3) is 0 Å². The van der Waals surface area contributed by atoms with Gasteiger partial charge in [0.1, 0.15) is 0 Å². The topological polar surface area (TPSA) is 24.9 Å². The lowest BCUT2D eigenvalue weighted by Gasteiger charge is -2.08. The Labute approximate surface area is 129 Å². The van der Waals surface area contributed by atoms with E-state index in [0.29, 0.717) is 10.8 Å². The van der Waals surface area contributed by atoms with Crippen molar-refractivity contribution >= 4 is 22.2 Å². The van der Waals surface area contributed by atoms with Gasteiger partial charge in [-0.25, -0.2) is 4.98 Å². The van der Waals surface area contributed by atoms with Gasteiger partial charge in [-0.2, -0.15) is 13.2 Å². The molecule has 2 nitrogen and oxygen atoms in total. The molecule has 1 N–H and O–H groups in total. The number of hydrogen-bond donors (Lipinski definition) is 1. The van der Waals surface area contributed by atoms with Gasteiger partial charge in [0.05, 0.1) is 11.3 Å². The predicted octanol–water partition coefficient (Wildman–Crippen LogP) is 5.57. The van der Waals surface area contributed by atoms with Crippen molar-refractivity contribution in [2.24, 2.45) is 0 Å². The molecule has 2 aromatic carbocycles. The van der Waals surface area contributed by atoms with Gasteiger partial charge in [-0.1, -0.05) is 36.4 Å². The smallest absolute Gasteiger partial charge is 0.332 e. The lowest BCUT2D eigenvalue weighted by atomic mass is 10.2. The zero-order chi connectivity index (χ0) is 15.6. The number of nitrogens with one attached hydrogen (secondary N) is 1. The molecule has 6 heteroatoms. The molecule has 0 bridgehead atoms. The summed E-state index contributed by atoms with van der Waals surface area (Å²) in [6.45, 7) is 0. The summed E-state index contributed by atoms with van der Waals surface area (Å²) < 4.78 is 38.1. The van der Waals surface area contributed by atoms with Crippen LogP contribution < -0.4 is 5.32 Å². The van der Waals surface area contributed by atoms with Crippen LogP contribution in [-0.4, -0.2) is 4.98 Å². The van der Waals surface area contributed by atoms with Crippen LogP contribution in [0.5, 0.6) is 0 Å². The lowest BCUT2D eigenvalue weighted by Crippen LogP contribution is -2.05. The number of halogens is 3. The van der Waals surface area contributed by atoms with Gasteiger partial charge >= 0.3 is 6.18 Å². The second-order valence-corrected chi connectivity index (χ2v) is 5.47. The fraction of sp³-hybridized carbons (Fsp3) is 0.0625. The summed E-state index contributed by atoms with van der Waals surface area (Å²) in [7, 11) is 0. The van der Waals surface area contributed by atoms with E-state index in [1.54, 1.807) is 6.07 Å². The molecule has 112 valence electrons. The minimum atomic E-state index is -4.35. The van der Waals surface area contributed by atoms with Crippen LogP contribution in [0.15, 0.2) is 60.0 Å². The summed E-state index contributed by atoms with van der Waals surface area (Å²) in [6, 6.07) is 14.7. The number of alkyl halides is 3. The first-order valence-corrected chi connectivity index (χ1v) is 7.35. The Morgan fingerprint density at radius 1 is 0.955 bits per heavy atom. The molecule has 22 heavy (non-hydrogen) atoms. The van der Waals surface area contributed by atoms with Crippen LogP contribution in [0.4, 0.5) is 24.0 Å². The highest BCUT2D eigenvalue weighted by Gasteiger charge is 2.30. The number of thiazole rings is 1. The van der Waals surface area contributed by atoms with Gasteiger partial charge in [-0.15, -0.1) is 11.3 Å². The molecule has 0 saturated heterocycles. The molecule has 3 aromatic rings. The SMILES string of the molecule is FC(F)(F)c1cccc(Nc2nc(-c3ccccc3)cs2)c1. The van der Waals surface area contributed by atoms with E-state index in [-0.39, 0.29) is 0 Å². The molecule has 3 rings (SSSR count). The van der Waals surface area contributed by atoms with E-state index in [1.165, 1.54) is 17.4 Å². The van der Waals surface area contributed by atoms with Crippen LogP contribution in [0, 0.1) is 0 Å². The first kappa shape index (κ1) is 14.6. The minimum Gasteiger partial charge on any atom is -0.332 e. The van der Waals surface area contributed by atoms with Crippen molar-refractivity contribution < 1.29 is 13.2 Å². The molecule has 1 heterocycles. The maximum absolute atomic E-state index is 12.7. The van der Waals surface area contributed by atoms with E-state index >= 15 is 0 Å². The van der Waals surface area contributed by atoms with Crippen LogP contribution in [0.2, 0.25) is 0 Å². The third kappa shape index (κ3) is 3.28. The molecule has 0 spiro atoms. The number of hydrogen-bond acceptors (Lipinski definition) is 3. The van der Waals surface area contributed by atoms with Gasteiger partial charge in [-0.05, 0) is 18.2 Å². The second kappa shape index (κ2) is 5.81. The van der Waals surface area contributed by atoms with Crippen LogP contribution in [0.1, 0.15) is 5.56 Å². The Balaban J connectivity index is 1.81. The summed E-state index contributed by atoms with van der Waals surface area (Å²) in [6.07, 6.45) is -4.35. The van der Waals surface area contributed by atoms with Crippen molar-refractivity contribution in [1.29, 1.82) is 0 Å². The van der Waals surface area contributed by atoms with Crippen molar-refractivity contribution in [3.8, 4) is 11.3 Å². The Morgan fingerprint density at radius 2 is 1.73 bits per heavy atom. The van der Waals surface area contributed by atoms with E-state index in [2.05, 4.69) is 10.3 Å². The highest BCUT2D eigenvalue weighted by molar-refractivity contribution is 7.14. The van der Waals surface area contributed by atoms with Crippen LogP contribution in [-0.2, 0) is 6.18 Å². The van der Waals surface area contributed by atoms with E-state index in [4.69, 9.17) is 0 Å². The molecule has 0 saturated carbocycles. The summed E-state index contributed by atoms with van der Waals surface area (Å²) in [5.74, 6) is 0. The average Bonchev–Trinajstić information content (AvgIpc) is 2.96. The van der Waals surface area contributed by atoms with Crippen LogP contribution >= 0.6 is 11.3 Å². The number of aromatic nitrogens is 1. The van der Waals surface area contributed by atoms with Crippen molar-refractivity contribution in [1.82, 2.24) is 4.98 Å². The Hall–Kier alpha value is -2.34. The number of benzene rings is 2. The van der Waals surface area contributed by atoms with Gasteiger partial charge in [-0.3, -0.25) is 0 Å². The highest BCUT2D eigenvalue weighted by Crippen LogP contribution is 2.32. The maximum atomic E-state index is 12.7. The number of rotatable bonds is 3. The van der Waals surface area contributed by atoms with Crippen molar-refractivity contribution in [2.45, 2.75) is 6.18 Å². The quantitative estimate of drug-likeness (QED) is 0.682. The molecule has 0 aliphatic heterocycles. The first-order chi connectivity index (χ1) is 10.5. The third-order valence-electron chi connectivity index (χ3n) is 3.01. The molecule has 0 radical (unpaired) electrons. The van der Waals surface area contributed by atoms with Crippen molar-refractivity contribution in [3.05, 3.63) is 65.5 Å². The summed E-state index contributed by atoms with van der Waals surface area (Å²) in [4.78, 5) is 4.39. The van der Waals surface area contributed by atoms with Crippen LogP contribution in [0.3, 0.4) is 0 Å². The zero-order valence-corrected chi connectivity index (χ0v) is 12.1. The van der Waals surface area contributed by atoms with Gasteiger partial charge in [0.2, 0.25) is 0 Å². The first-order valence-electron chi connectivity index (χ1n) is 6.47. The maximum Gasteiger partial charge on any atom is 0.416 e. The average molecular weight is 320 g/mol.